The van der Waals surface area contributed by atoms with E-state index in [9.17, 15) is 0 Å². The predicted octanol–water partition coefficient (Wildman–Crippen LogP) is 0.0329. The normalized spacial score (nSPS) is 24.8. The van der Waals surface area contributed by atoms with Crippen LogP contribution in [-0.2, 0) is 23.3 Å². The molecule has 2 saturated carbocycles. The molecule has 0 amide bonds. The molecular formula is C30H32Cl2SiZr-2. The van der Waals surface area contributed by atoms with Crippen molar-refractivity contribution in [3.63, 3.8) is 0 Å². The van der Waals surface area contributed by atoms with Crippen molar-refractivity contribution in [2.45, 2.75) is 25.7 Å². The zero-order valence-corrected chi connectivity index (χ0v) is 24.4. The van der Waals surface area contributed by atoms with Gasteiger partial charge in [-0.15, -0.1) is 24.0 Å². The van der Waals surface area contributed by atoms with Crippen LogP contribution in [0.5, 0.6) is 0 Å². The molecular weight excluding hydrogens is 551 g/mol. The van der Waals surface area contributed by atoms with Gasteiger partial charge in [-0.25, -0.2) is 0 Å². The van der Waals surface area contributed by atoms with Gasteiger partial charge in [0, 0.05) is 0 Å². The van der Waals surface area contributed by atoms with E-state index < -0.39 is 5.43 Å². The van der Waals surface area contributed by atoms with Gasteiger partial charge in [-0.1, -0.05) is 49.3 Å². The van der Waals surface area contributed by atoms with Gasteiger partial charge in [0.1, 0.15) is 0 Å². The third-order valence-electron chi connectivity index (χ3n) is 6.60. The van der Waals surface area contributed by atoms with Crippen LogP contribution in [0, 0.1) is 36.5 Å². The fraction of sp³-hybridized carbons (Fsp3) is 0.267. The molecule has 0 aliphatic heterocycles. The van der Waals surface area contributed by atoms with Crippen molar-refractivity contribution in [1.29, 1.82) is 0 Å². The first-order chi connectivity index (χ1) is 15.8. The summed E-state index contributed by atoms with van der Waals surface area (Å²) < 4.78 is 0. The van der Waals surface area contributed by atoms with Crippen LogP contribution in [0.1, 0.15) is 25.7 Å². The standard InChI is InChI=1S/C12H10Si.2C9H11.2ClH.Zr/c1-3-7-11(8-4-1)13-12-9-5-2-6-10-12;2*1-2-5-9-7-3-6-8(9)4-1;;;/h1-10H;2*1-2,4-6,8-9H,3,7H2;2*1H;/q;2*-1;;;+2/p-2. The van der Waals surface area contributed by atoms with Crippen LogP contribution in [-0.4, -0.2) is 5.43 Å². The zero-order valence-electron chi connectivity index (χ0n) is 19.4. The van der Waals surface area contributed by atoms with Crippen molar-refractivity contribution in [2.75, 3.05) is 0 Å². The molecule has 4 heteroatoms. The van der Waals surface area contributed by atoms with Crippen LogP contribution < -0.4 is 35.2 Å². The van der Waals surface area contributed by atoms with Gasteiger partial charge in [0.25, 0.3) is 0 Å². The summed E-state index contributed by atoms with van der Waals surface area (Å²) in [6.45, 7) is 0. The van der Waals surface area contributed by atoms with E-state index in [0.717, 1.165) is 23.7 Å². The molecule has 0 heterocycles. The molecule has 2 aromatic carbocycles. The Balaban J connectivity index is 0.000000181. The summed E-state index contributed by atoms with van der Waals surface area (Å²) in [7, 11) is 0. The predicted molar refractivity (Wildman–Crippen MR) is 135 cm³/mol. The molecule has 0 saturated heterocycles. The van der Waals surface area contributed by atoms with Gasteiger partial charge in [0.05, 0.1) is 0 Å². The molecule has 4 unspecified atom stereocenters. The average molecular weight is 583 g/mol. The van der Waals surface area contributed by atoms with Gasteiger partial charge in [-0.05, 0) is 11.8 Å². The van der Waals surface area contributed by atoms with E-state index in [4.69, 9.17) is 0 Å². The van der Waals surface area contributed by atoms with Crippen molar-refractivity contribution in [2.24, 2.45) is 23.7 Å². The fourth-order valence-corrected chi connectivity index (χ4v) is 8.61. The van der Waals surface area contributed by atoms with E-state index in [1.54, 1.807) is 23.3 Å². The molecule has 34 heavy (non-hydrogen) atoms. The molecule has 0 N–H and O–H groups in total. The molecule has 2 aromatic rings. The van der Waals surface area contributed by atoms with Crippen molar-refractivity contribution < 1.29 is 48.1 Å². The zero-order chi connectivity index (χ0) is 22.0. The van der Waals surface area contributed by atoms with E-state index in [0.29, 0.717) is 0 Å². The number of benzene rings is 2. The number of rotatable bonds is 2. The van der Waals surface area contributed by atoms with Crippen LogP contribution in [0.25, 0.3) is 0 Å². The summed E-state index contributed by atoms with van der Waals surface area (Å²) >= 11 is 1.64. The Labute approximate surface area is 233 Å². The quantitative estimate of drug-likeness (QED) is 0.347. The average Bonchev–Trinajstić information content (AvgIpc) is 3.55. The van der Waals surface area contributed by atoms with E-state index in [2.05, 4.69) is 122 Å². The second-order valence-electron chi connectivity index (χ2n) is 8.76. The van der Waals surface area contributed by atoms with Crippen LogP contribution >= 0.6 is 0 Å². The Morgan fingerprint density at radius 1 is 0.588 bits per heavy atom. The molecule has 2 fully saturated rings. The fourth-order valence-electron chi connectivity index (χ4n) is 4.76. The minimum absolute atomic E-state index is 0. The second-order valence-corrected chi connectivity index (χ2v) is 14.3. The molecule has 4 aliphatic rings. The Bertz CT molecular complexity index is 866. The van der Waals surface area contributed by atoms with Crippen molar-refractivity contribution in [1.82, 2.24) is 0 Å². The Kier molecular flexibility index (Phi) is 13.7. The van der Waals surface area contributed by atoms with E-state index in [1.165, 1.54) is 36.1 Å². The Morgan fingerprint density at radius 3 is 1.35 bits per heavy atom. The number of halogens is 2. The maximum absolute atomic E-state index is 2.42. The van der Waals surface area contributed by atoms with Gasteiger partial charge in [0.2, 0.25) is 0 Å². The van der Waals surface area contributed by atoms with Crippen molar-refractivity contribution in [3.8, 4) is 0 Å². The Hall–Kier alpha value is -0.920. The van der Waals surface area contributed by atoms with Crippen LogP contribution in [0.4, 0.5) is 0 Å². The molecule has 4 aliphatic carbocycles. The summed E-state index contributed by atoms with van der Waals surface area (Å²) in [5.74, 6) is 3.23. The number of hydrogen-bond donors (Lipinski definition) is 0. The van der Waals surface area contributed by atoms with E-state index in [-0.39, 0.29) is 24.8 Å². The van der Waals surface area contributed by atoms with Gasteiger partial charge >= 0.3 is 99.8 Å². The van der Waals surface area contributed by atoms with E-state index >= 15 is 0 Å². The van der Waals surface area contributed by atoms with E-state index in [1.807, 2.05) is 0 Å². The molecule has 0 radical (unpaired) electrons. The maximum atomic E-state index is 2.42. The summed E-state index contributed by atoms with van der Waals surface area (Å²) in [6, 6.07) is 21.7. The third-order valence-corrected chi connectivity index (χ3v) is 12.7. The van der Waals surface area contributed by atoms with Gasteiger partial charge in [-0.3, -0.25) is 0 Å². The van der Waals surface area contributed by atoms with Crippen molar-refractivity contribution >= 4 is 15.8 Å². The molecule has 0 nitrogen and oxygen atoms in total. The summed E-state index contributed by atoms with van der Waals surface area (Å²) in [5, 5.41) is 3.03. The number of allylic oxidation sites excluding steroid dienone is 8. The monoisotopic (exact) mass is 580 g/mol. The molecule has 0 spiro atoms. The SMILES string of the molecule is C1=CC2[CH-]CCC2C=C1.C1=CC2[CH-]CCC2C=C1.[Cl-].[Cl-].[Zr+2]=[Si](c1ccccc1)c1ccccc1. The molecule has 6 rings (SSSR count). The van der Waals surface area contributed by atoms with Crippen LogP contribution in [0.2, 0.25) is 0 Å². The summed E-state index contributed by atoms with van der Waals surface area (Å²) in [6.07, 6.45) is 28.1. The molecule has 0 aromatic heterocycles. The molecule has 4 atom stereocenters. The number of fused-ring (bicyclic) bond motifs is 2. The first-order valence-electron chi connectivity index (χ1n) is 11.9. The van der Waals surface area contributed by atoms with Crippen LogP contribution in [0.15, 0.2) is 109 Å². The third kappa shape index (κ3) is 8.63. The van der Waals surface area contributed by atoms with Crippen molar-refractivity contribution in [3.05, 3.63) is 122 Å². The second kappa shape index (κ2) is 15.9. The molecule has 176 valence electrons. The summed E-state index contributed by atoms with van der Waals surface area (Å²) in [5.41, 5.74) is -0.455. The minimum atomic E-state index is -0.455. The first-order valence-corrected chi connectivity index (χ1v) is 17.1. The molecule has 0 bridgehead atoms. The topological polar surface area (TPSA) is 0 Å². The van der Waals surface area contributed by atoms with Gasteiger partial charge < -0.3 is 37.7 Å². The summed E-state index contributed by atoms with van der Waals surface area (Å²) in [4.78, 5) is 0. The first kappa shape index (κ1) is 29.3. The Morgan fingerprint density at radius 2 is 0.971 bits per heavy atom. The van der Waals surface area contributed by atoms with Gasteiger partial charge in [0.15, 0.2) is 0 Å². The van der Waals surface area contributed by atoms with Gasteiger partial charge in [-0.2, -0.15) is 12.8 Å². The van der Waals surface area contributed by atoms with Crippen LogP contribution in [0.3, 0.4) is 0 Å². The number of hydrogen-bond acceptors (Lipinski definition) is 0.